The minimum atomic E-state index is -0.0682. The van der Waals surface area contributed by atoms with E-state index in [9.17, 15) is 5.11 Å². The van der Waals surface area contributed by atoms with Crippen molar-refractivity contribution in [3.8, 4) is 0 Å². The summed E-state index contributed by atoms with van der Waals surface area (Å²) in [7, 11) is 0. The molecule has 3 N–H and O–H groups in total. The molecule has 0 radical (unpaired) electrons. The van der Waals surface area contributed by atoms with Crippen LogP contribution in [0.15, 0.2) is 18.2 Å². The van der Waals surface area contributed by atoms with Crippen LogP contribution in [0.5, 0.6) is 0 Å². The highest BCUT2D eigenvalue weighted by atomic mass is 16.5. The summed E-state index contributed by atoms with van der Waals surface area (Å²) in [5.41, 5.74) is 8.30. The number of hydrogen-bond acceptors (Lipinski definition) is 4. The summed E-state index contributed by atoms with van der Waals surface area (Å²) in [4.78, 5) is 4.43. The number of ether oxygens (including phenoxy) is 1. The Kier molecular flexibility index (Phi) is 3.40. The van der Waals surface area contributed by atoms with Crippen LogP contribution in [0.25, 0.3) is 11.0 Å². The average molecular weight is 261 g/mol. The van der Waals surface area contributed by atoms with E-state index in [1.54, 1.807) is 0 Å². The van der Waals surface area contributed by atoms with E-state index in [0.29, 0.717) is 11.5 Å². The second-order valence-electron chi connectivity index (χ2n) is 5.03. The quantitative estimate of drug-likeness (QED) is 0.824. The van der Waals surface area contributed by atoms with E-state index >= 15 is 0 Å². The summed E-state index contributed by atoms with van der Waals surface area (Å²) in [6, 6.07) is 5.66. The first kappa shape index (κ1) is 12.4. The summed E-state index contributed by atoms with van der Waals surface area (Å²) in [5, 5.41) is 9.46. The van der Waals surface area contributed by atoms with Gasteiger partial charge in [0.25, 0.3) is 0 Å². The monoisotopic (exact) mass is 261 g/mol. The molecule has 5 nitrogen and oxygen atoms in total. The first-order valence-electron chi connectivity index (χ1n) is 6.75. The number of imidazole rings is 1. The van der Waals surface area contributed by atoms with E-state index < -0.39 is 0 Å². The third kappa shape index (κ3) is 2.43. The molecule has 1 aromatic carbocycles. The Balaban J connectivity index is 1.95. The predicted octanol–water partition coefficient (Wildman–Crippen LogP) is 1.68. The molecule has 5 heteroatoms. The third-order valence-corrected chi connectivity index (χ3v) is 3.65. The number of aliphatic hydroxyl groups is 1. The molecule has 1 atom stereocenters. The maximum Gasteiger partial charge on any atom is 0.135 e. The number of nitrogens with two attached hydrogens (primary N) is 1. The zero-order valence-corrected chi connectivity index (χ0v) is 10.9. The van der Waals surface area contributed by atoms with Gasteiger partial charge in [0.1, 0.15) is 12.4 Å². The van der Waals surface area contributed by atoms with Crippen LogP contribution in [0.2, 0.25) is 0 Å². The molecule has 3 rings (SSSR count). The van der Waals surface area contributed by atoms with Crippen LogP contribution in [-0.2, 0) is 17.9 Å². The molecular weight excluding hydrogens is 242 g/mol. The Labute approximate surface area is 112 Å². The molecule has 19 heavy (non-hydrogen) atoms. The molecule has 2 heterocycles. The van der Waals surface area contributed by atoms with E-state index in [1.807, 2.05) is 22.8 Å². The maximum absolute atomic E-state index is 9.46. The fourth-order valence-electron chi connectivity index (χ4n) is 2.68. The third-order valence-electron chi connectivity index (χ3n) is 3.65. The topological polar surface area (TPSA) is 73.3 Å². The van der Waals surface area contributed by atoms with Crippen molar-refractivity contribution in [3.05, 3.63) is 24.0 Å². The second kappa shape index (κ2) is 5.19. The second-order valence-corrected chi connectivity index (χ2v) is 5.03. The zero-order chi connectivity index (χ0) is 13.2. The molecule has 0 amide bonds. The van der Waals surface area contributed by atoms with Gasteiger partial charge < -0.3 is 20.1 Å². The highest BCUT2D eigenvalue weighted by Crippen LogP contribution is 2.22. The van der Waals surface area contributed by atoms with E-state index in [4.69, 9.17) is 10.5 Å². The Morgan fingerprint density at radius 1 is 1.42 bits per heavy atom. The number of nitrogen functional groups attached to an aromatic ring is 1. The standard InChI is InChI=1S/C14H19N3O2/c15-10-4-5-13-12(7-10)16-14(9-18)17(13)8-11-3-1-2-6-19-11/h4-5,7,11,18H,1-3,6,8-9,15H2. The van der Waals surface area contributed by atoms with Crippen LogP contribution in [-0.4, -0.2) is 27.4 Å². The molecule has 0 saturated carbocycles. The smallest absolute Gasteiger partial charge is 0.135 e. The van der Waals surface area contributed by atoms with Gasteiger partial charge in [-0.15, -0.1) is 0 Å². The highest BCUT2D eigenvalue weighted by Gasteiger charge is 2.18. The van der Waals surface area contributed by atoms with Gasteiger partial charge in [0.05, 0.1) is 23.7 Å². The van der Waals surface area contributed by atoms with Gasteiger partial charge in [-0.2, -0.15) is 0 Å². The molecule has 0 aliphatic carbocycles. The summed E-state index contributed by atoms with van der Waals surface area (Å²) in [6.45, 7) is 1.51. The van der Waals surface area contributed by atoms with Gasteiger partial charge in [-0.05, 0) is 37.5 Å². The molecule has 1 fully saturated rings. The molecule has 2 aromatic rings. The fourth-order valence-corrected chi connectivity index (χ4v) is 2.68. The Hall–Kier alpha value is -1.59. The number of rotatable bonds is 3. The van der Waals surface area contributed by atoms with Crippen molar-refractivity contribution in [2.75, 3.05) is 12.3 Å². The number of nitrogens with zero attached hydrogens (tertiary/aromatic N) is 2. The Morgan fingerprint density at radius 2 is 2.32 bits per heavy atom. The summed E-state index contributed by atoms with van der Waals surface area (Å²) in [6.07, 6.45) is 3.64. The minimum Gasteiger partial charge on any atom is -0.399 e. The molecule has 1 saturated heterocycles. The van der Waals surface area contributed by atoms with Crippen molar-refractivity contribution in [2.45, 2.75) is 38.5 Å². The van der Waals surface area contributed by atoms with E-state index in [1.165, 1.54) is 6.42 Å². The van der Waals surface area contributed by atoms with Crippen molar-refractivity contribution in [1.82, 2.24) is 9.55 Å². The molecule has 1 aliphatic rings. The summed E-state index contributed by atoms with van der Waals surface area (Å²) in [5.74, 6) is 0.676. The van der Waals surface area contributed by atoms with E-state index in [-0.39, 0.29) is 12.7 Å². The van der Waals surface area contributed by atoms with E-state index in [2.05, 4.69) is 4.98 Å². The van der Waals surface area contributed by atoms with Crippen LogP contribution in [0.1, 0.15) is 25.1 Å². The Bertz CT molecular complexity index is 573. The van der Waals surface area contributed by atoms with Crippen molar-refractivity contribution >= 4 is 16.7 Å². The van der Waals surface area contributed by atoms with Crippen molar-refractivity contribution in [1.29, 1.82) is 0 Å². The van der Waals surface area contributed by atoms with Crippen LogP contribution in [0, 0.1) is 0 Å². The first-order valence-corrected chi connectivity index (χ1v) is 6.75. The van der Waals surface area contributed by atoms with Crippen LogP contribution < -0.4 is 5.73 Å². The fraction of sp³-hybridized carbons (Fsp3) is 0.500. The molecule has 1 aliphatic heterocycles. The normalized spacial score (nSPS) is 19.9. The number of anilines is 1. The molecule has 102 valence electrons. The molecular formula is C14H19N3O2. The lowest BCUT2D eigenvalue weighted by Crippen LogP contribution is -2.25. The van der Waals surface area contributed by atoms with Crippen LogP contribution in [0.4, 0.5) is 5.69 Å². The predicted molar refractivity (Wildman–Crippen MR) is 73.7 cm³/mol. The van der Waals surface area contributed by atoms with Crippen LogP contribution >= 0.6 is 0 Å². The first-order chi connectivity index (χ1) is 9.28. The SMILES string of the molecule is Nc1ccc2c(c1)nc(CO)n2CC1CCCCO1. The molecule has 0 spiro atoms. The number of aromatic nitrogens is 2. The van der Waals surface area contributed by atoms with Gasteiger partial charge in [-0.25, -0.2) is 4.98 Å². The highest BCUT2D eigenvalue weighted by molar-refractivity contribution is 5.79. The van der Waals surface area contributed by atoms with Gasteiger partial charge in [-0.3, -0.25) is 0 Å². The van der Waals surface area contributed by atoms with Gasteiger partial charge >= 0.3 is 0 Å². The maximum atomic E-state index is 9.46. The molecule has 1 aromatic heterocycles. The average Bonchev–Trinajstić information content (AvgIpc) is 2.77. The largest absolute Gasteiger partial charge is 0.399 e. The van der Waals surface area contributed by atoms with Gasteiger partial charge in [0.15, 0.2) is 0 Å². The number of hydrogen-bond donors (Lipinski definition) is 2. The summed E-state index contributed by atoms with van der Waals surface area (Å²) < 4.78 is 7.81. The summed E-state index contributed by atoms with van der Waals surface area (Å²) >= 11 is 0. The van der Waals surface area contributed by atoms with E-state index in [0.717, 1.165) is 37.0 Å². The zero-order valence-electron chi connectivity index (χ0n) is 10.9. The number of fused-ring (bicyclic) bond motifs is 1. The van der Waals surface area contributed by atoms with Crippen molar-refractivity contribution in [2.24, 2.45) is 0 Å². The van der Waals surface area contributed by atoms with Gasteiger partial charge in [-0.1, -0.05) is 0 Å². The minimum absolute atomic E-state index is 0.0682. The van der Waals surface area contributed by atoms with Crippen LogP contribution in [0.3, 0.4) is 0 Å². The molecule has 0 bridgehead atoms. The number of benzene rings is 1. The lowest BCUT2D eigenvalue weighted by Gasteiger charge is -2.23. The van der Waals surface area contributed by atoms with Crippen molar-refractivity contribution in [3.63, 3.8) is 0 Å². The molecule has 1 unspecified atom stereocenters. The lowest BCUT2D eigenvalue weighted by molar-refractivity contribution is 0.00572. The number of aliphatic hydroxyl groups excluding tert-OH is 1. The van der Waals surface area contributed by atoms with Gasteiger partial charge in [0, 0.05) is 12.3 Å². The van der Waals surface area contributed by atoms with Crippen molar-refractivity contribution < 1.29 is 9.84 Å². The Morgan fingerprint density at radius 3 is 3.05 bits per heavy atom. The lowest BCUT2D eigenvalue weighted by atomic mass is 10.1. The van der Waals surface area contributed by atoms with Gasteiger partial charge in [0.2, 0.25) is 0 Å².